The molecule has 0 unspecified atom stereocenters. The summed E-state index contributed by atoms with van der Waals surface area (Å²) in [6, 6.07) is 5.91. The van der Waals surface area contributed by atoms with Gasteiger partial charge in [0.2, 0.25) is 0 Å². The van der Waals surface area contributed by atoms with E-state index in [1.165, 1.54) is 0 Å². The molecule has 0 atom stereocenters. The predicted molar refractivity (Wildman–Crippen MR) is 75.7 cm³/mol. The molecule has 5 heteroatoms. The number of aryl methyl sites for hydroxylation is 1. The van der Waals surface area contributed by atoms with Gasteiger partial charge in [0.05, 0.1) is 0 Å². The van der Waals surface area contributed by atoms with Gasteiger partial charge in [-0.2, -0.15) is 0 Å². The first-order valence-electron chi connectivity index (χ1n) is 5.58. The third kappa shape index (κ3) is 3.45. The quantitative estimate of drug-likeness (QED) is 0.690. The standard InChI is InChI=1S/C13H14ClN3S/c1-9-6-16-13(17-7-9)18-8-11-3-2-10(5-15)4-12(11)14/h2-4,6-7H,5,8,15H2,1H3. The molecule has 0 aliphatic heterocycles. The van der Waals surface area contributed by atoms with Crippen LogP contribution in [0.25, 0.3) is 0 Å². The van der Waals surface area contributed by atoms with Crippen LogP contribution in [0.4, 0.5) is 0 Å². The fraction of sp³-hybridized carbons (Fsp3) is 0.231. The maximum Gasteiger partial charge on any atom is 0.187 e. The van der Waals surface area contributed by atoms with Gasteiger partial charge in [-0.3, -0.25) is 0 Å². The molecular formula is C13H14ClN3S. The third-order valence-corrected chi connectivity index (χ3v) is 3.74. The first-order valence-corrected chi connectivity index (χ1v) is 6.94. The lowest BCUT2D eigenvalue weighted by molar-refractivity contribution is 0.949. The Balaban J connectivity index is 2.04. The summed E-state index contributed by atoms with van der Waals surface area (Å²) in [6.45, 7) is 2.48. The van der Waals surface area contributed by atoms with E-state index in [2.05, 4.69) is 9.97 Å². The normalized spacial score (nSPS) is 10.6. The fourth-order valence-electron chi connectivity index (χ4n) is 1.43. The molecule has 18 heavy (non-hydrogen) atoms. The van der Waals surface area contributed by atoms with Gasteiger partial charge in [0, 0.05) is 29.7 Å². The number of benzene rings is 1. The van der Waals surface area contributed by atoms with Crippen LogP contribution in [0.5, 0.6) is 0 Å². The highest BCUT2D eigenvalue weighted by Gasteiger charge is 2.04. The average Bonchev–Trinajstić information content (AvgIpc) is 2.39. The van der Waals surface area contributed by atoms with Gasteiger partial charge in [-0.1, -0.05) is 35.5 Å². The number of aromatic nitrogens is 2. The largest absolute Gasteiger partial charge is 0.326 e. The van der Waals surface area contributed by atoms with E-state index in [-0.39, 0.29) is 0 Å². The summed E-state index contributed by atoms with van der Waals surface area (Å²) in [6.07, 6.45) is 3.63. The molecule has 0 amide bonds. The lowest BCUT2D eigenvalue weighted by Crippen LogP contribution is -1.96. The Hall–Kier alpha value is -1.10. The maximum atomic E-state index is 6.19. The minimum atomic E-state index is 0.508. The van der Waals surface area contributed by atoms with Crippen LogP contribution >= 0.6 is 23.4 Å². The molecule has 0 aliphatic rings. The van der Waals surface area contributed by atoms with Gasteiger partial charge in [0.25, 0.3) is 0 Å². The summed E-state index contributed by atoms with van der Waals surface area (Å²) in [5, 5.41) is 1.51. The highest BCUT2D eigenvalue weighted by Crippen LogP contribution is 2.25. The van der Waals surface area contributed by atoms with E-state index < -0.39 is 0 Å². The molecule has 0 saturated heterocycles. The minimum Gasteiger partial charge on any atom is -0.326 e. The van der Waals surface area contributed by atoms with Crippen LogP contribution in [-0.4, -0.2) is 9.97 Å². The van der Waals surface area contributed by atoms with Crippen molar-refractivity contribution in [2.75, 3.05) is 0 Å². The van der Waals surface area contributed by atoms with E-state index in [9.17, 15) is 0 Å². The van der Waals surface area contributed by atoms with E-state index in [1.807, 2.05) is 37.5 Å². The van der Waals surface area contributed by atoms with Gasteiger partial charge in [-0.15, -0.1) is 0 Å². The Labute approximate surface area is 116 Å². The van der Waals surface area contributed by atoms with Crippen LogP contribution in [0.15, 0.2) is 35.7 Å². The van der Waals surface area contributed by atoms with Gasteiger partial charge < -0.3 is 5.73 Å². The van der Waals surface area contributed by atoms with Crippen molar-refractivity contribution in [1.29, 1.82) is 0 Å². The zero-order chi connectivity index (χ0) is 13.0. The zero-order valence-corrected chi connectivity index (χ0v) is 11.6. The summed E-state index contributed by atoms with van der Waals surface area (Å²) >= 11 is 7.76. The molecule has 0 aliphatic carbocycles. The van der Waals surface area contributed by atoms with Crippen LogP contribution in [0.1, 0.15) is 16.7 Å². The zero-order valence-electron chi connectivity index (χ0n) is 10.1. The summed E-state index contributed by atoms with van der Waals surface area (Å²) in [5.41, 5.74) is 8.74. The number of rotatable bonds is 4. The molecule has 2 aromatic rings. The van der Waals surface area contributed by atoms with Gasteiger partial charge in [0.1, 0.15) is 0 Å². The Morgan fingerprint density at radius 1 is 1.28 bits per heavy atom. The highest BCUT2D eigenvalue weighted by atomic mass is 35.5. The average molecular weight is 280 g/mol. The molecule has 2 N–H and O–H groups in total. The summed E-state index contributed by atoms with van der Waals surface area (Å²) in [4.78, 5) is 8.49. The Bertz CT molecular complexity index is 528. The van der Waals surface area contributed by atoms with E-state index in [1.54, 1.807) is 11.8 Å². The summed E-state index contributed by atoms with van der Waals surface area (Å²) in [7, 11) is 0. The first kappa shape index (κ1) is 13.3. The molecular weight excluding hydrogens is 266 g/mol. The lowest BCUT2D eigenvalue weighted by Gasteiger charge is -2.05. The number of nitrogens with two attached hydrogens (primary N) is 1. The first-order chi connectivity index (χ1) is 8.69. The van der Waals surface area contributed by atoms with Gasteiger partial charge in [-0.25, -0.2) is 9.97 Å². The topological polar surface area (TPSA) is 51.8 Å². The molecule has 0 radical (unpaired) electrons. The molecule has 2 rings (SSSR count). The van der Waals surface area contributed by atoms with Gasteiger partial charge in [-0.05, 0) is 29.7 Å². The number of hydrogen-bond donors (Lipinski definition) is 1. The molecule has 1 heterocycles. The van der Waals surface area contributed by atoms with Crippen molar-refractivity contribution in [3.05, 3.63) is 52.3 Å². The molecule has 1 aromatic carbocycles. The minimum absolute atomic E-state index is 0.508. The highest BCUT2D eigenvalue weighted by molar-refractivity contribution is 7.98. The van der Waals surface area contributed by atoms with Crippen LogP contribution < -0.4 is 5.73 Å². The molecule has 0 fully saturated rings. The molecule has 0 spiro atoms. The second kappa shape index (κ2) is 6.18. The second-order valence-corrected chi connectivity index (χ2v) is 5.31. The molecule has 0 bridgehead atoms. The van der Waals surface area contributed by atoms with Gasteiger partial charge >= 0.3 is 0 Å². The second-order valence-electron chi connectivity index (χ2n) is 3.96. The SMILES string of the molecule is Cc1cnc(SCc2ccc(CN)cc2Cl)nc1. The lowest BCUT2D eigenvalue weighted by atomic mass is 10.1. The molecule has 94 valence electrons. The smallest absolute Gasteiger partial charge is 0.187 e. The van der Waals surface area contributed by atoms with E-state index in [0.717, 1.165) is 32.6 Å². The Kier molecular flexibility index (Phi) is 4.58. The fourth-order valence-corrected chi connectivity index (χ4v) is 2.57. The van der Waals surface area contributed by atoms with Crippen molar-refractivity contribution in [3.8, 4) is 0 Å². The van der Waals surface area contributed by atoms with Crippen molar-refractivity contribution >= 4 is 23.4 Å². The number of nitrogens with zero attached hydrogens (tertiary/aromatic N) is 2. The van der Waals surface area contributed by atoms with Crippen molar-refractivity contribution < 1.29 is 0 Å². The molecule has 3 nitrogen and oxygen atoms in total. The third-order valence-electron chi connectivity index (χ3n) is 2.47. The molecule has 1 aromatic heterocycles. The predicted octanol–water partition coefficient (Wildman–Crippen LogP) is 3.19. The van der Waals surface area contributed by atoms with E-state index in [4.69, 9.17) is 17.3 Å². The Morgan fingerprint density at radius 2 is 2.00 bits per heavy atom. The van der Waals surface area contributed by atoms with Crippen LogP contribution in [0.2, 0.25) is 5.02 Å². The summed E-state index contributed by atoms with van der Waals surface area (Å²) < 4.78 is 0. The monoisotopic (exact) mass is 279 g/mol. The number of hydrogen-bond acceptors (Lipinski definition) is 4. The number of halogens is 1. The number of thioether (sulfide) groups is 1. The maximum absolute atomic E-state index is 6.19. The van der Waals surface area contributed by atoms with Crippen molar-refractivity contribution in [2.24, 2.45) is 5.73 Å². The van der Waals surface area contributed by atoms with E-state index >= 15 is 0 Å². The summed E-state index contributed by atoms with van der Waals surface area (Å²) in [5.74, 6) is 0.757. The van der Waals surface area contributed by atoms with Crippen molar-refractivity contribution in [2.45, 2.75) is 24.4 Å². The van der Waals surface area contributed by atoms with Crippen molar-refractivity contribution in [3.63, 3.8) is 0 Å². The van der Waals surface area contributed by atoms with Crippen LogP contribution in [0.3, 0.4) is 0 Å². The van der Waals surface area contributed by atoms with Gasteiger partial charge in [0.15, 0.2) is 5.16 Å². The van der Waals surface area contributed by atoms with Crippen LogP contribution in [0, 0.1) is 6.92 Å². The Morgan fingerprint density at radius 3 is 2.61 bits per heavy atom. The van der Waals surface area contributed by atoms with Crippen LogP contribution in [-0.2, 0) is 12.3 Å². The van der Waals surface area contributed by atoms with Crippen molar-refractivity contribution in [1.82, 2.24) is 9.97 Å². The van der Waals surface area contributed by atoms with E-state index in [0.29, 0.717) is 6.54 Å². The molecule has 0 saturated carbocycles.